The van der Waals surface area contributed by atoms with E-state index < -0.39 is 10.0 Å². The summed E-state index contributed by atoms with van der Waals surface area (Å²) in [6, 6.07) is 0. The van der Waals surface area contributed by atoms with Gasteiger partial charge in [0, 0.05) is 19.0 Å². The molecule has 8 heteroatoms. The predicted octanol–water partition coefficient (Wildman–Crippen LogP) is -0.333. The van der Waals surface area contributed by atoms with Gasteiger partial charge >= 0.3 is 0 Å². The lowest BCUT2D eigenvalue weighted by atomic mass is 9.98. The molecule has 7 nitrogen and oxygen atoms in total. The summed E-state index contributed by atoms with van der Waals surface area (Å²) in [5, 5.41) is 3.86. The number of aromatic nitrogens is 2. The van der Waals surface area contributed by atoms with Crippen LogP contribution in [0.4, 0.5) is 0 Å². The van der Waals surface area contributed by atoms with Crippen LogP contribution >= 0.6 is 0 Å². The van der Waals surface area contributed by atoms with Crippen molar-refractivity contribution in [2.75, 3.05) is 19.3 Å². The van der Waals surface area contributed by atoms with E-state index in [9.17, 15) is 8.42 Å². The second-order valence-electron chi connectivity index (χ2n) is 4.19. The number of nitrogens with two attached hydrogens (primary N) is 1. The molecule has 0 radical (unpaired) electrons. The molecule has 1 aromatic rings. The predicted molar refractivity (Wildman–Crippen MR) is 60.6 cm³/mol. The van der Waals surface area contributed by atoms with Gasteiger partial charge in [-0.05, 0) is 12.8 Å². The quantitative estimate of drug-likeness (QED) is 0.798. The fourth-order valence-corrected chi connectivity index (χ4v) is 2.84. The Kier molecular flexibility index (Phi) is 3.45. The fourth-order valence-electron chi connectivity index (χ4n) is 1.96. The maximum Gasteiger partial charge on any atom is 0.240 e. The minimum atomic E-state index is -3.08. The van der Waals surface area contributed by atoms with Crippen LogP contribution in [0.5, 0.6) is 0 Å². The van der Waals surface area contributed by atoms with Gasteiger partial charge in [-0.25, -0.2) is 12.7 Å². The summed E-state index contributed by atoms with van der Waals surface area (Å²) in [7, 11) is -3.08. The molecule has 0 atom stereocenters. The normalized spacial score (nSPS) is 19.6. The van der Waals surface area contributed by atoms with Crippen molar-refractivity contribution < 1.29 is 12.9 Å². The smallest absolute Gasteiger partial charge is 0.240 e. The highest BCUT2D eigenvalue weighted by Gasteiger charge is 2.28. The molecule has 0 spiro atoms. The molecule has 0 bridgehead atoms. The Balaban J connectivity index is 1.99. The van der Waals surface area contributed by atoms with Crippen LogP contribution in [0.2, 0.25) is 0 Å². The summed E-state index contributed by atoms with van der Waals surface area (Å²) in [5.41, 5.74) is 5.39. The van der Waals surface area contributed by atoms with Crippen molar-refractivity contribution in [2.24, 2.45) is 5.73 Å². The molecule has 2 N–H and O–H groups in total. The number of rotatable bonds is 3. The number of hydrogen-bond acceptors (Lipinski definition) is 6. The van der Waals surface area contributed by atoms with Gasteiger partial charge in [0.15, 0.2) is 5.82 Å². The van der Waals surface area contributed by atoms with E-state index in [2.05, 4.69) is 10.1 Å². The van der Waals surface area contributed by atoms with Gasteiger partial charge in [0.1, 0.15) is 0 Å². The lowest BCUT2D eigenvalue weighted by Crippen LogP contribution is -2.37. The number of piperidine rings is 1. The average Bonchev–Trinajstić information content (AvgIpc) is 2.76. The molecule has 1 aliphatic rings. The van der Waals surface area contributed by atoms with Gasteiger partial charge in [0.05, 0.1) is 12.8 Å². The Morgan fingerprint density at radius 1 is 1.47 bits per heavy atom. The van der Waals surface area contributed by atoms with Crippen molar-refractivity contribution >= 4 is 10.0 Å². The minimum Gasteiger partial charge on any atom is -0.338 e. The first-order chi connectivity index (χ1) is 8.00. The number of nitrogens with zero attached hydrogens (tertiary/aromatic N) is 3. The van der Waals surface area contributed by atoms with E-state index in [1.807, 2.05) is 0 Å². The molecular formula is C9H16N4O3S. The van der Waals surface area contributed by atoms with E-state index in [0.717, 1.165) is 12.8 Å². The molecule has 0 aliphatic carbocycles. The van der Waals surface area contributed by atoms with Gasteiger partial charge in [0.2, 0.25) is 15.9 Å². The third-order valence-corrected chi connectivity index (χ3v) is 4.25. The molecule has 1 saturated heterocycles. The highest BCUT2D eigenvalue weighted by molar-refractivity contribution is 7.88. The monoisotopic (exact) mass is 260 g/mol. The van der Waals surface area contributed by atoms with Crippen molar-refractivity contribution in [3.63, 3.8) is 0 Å². The maximum absolute atomic E-state index is 11.3. The van der Waals surface area contributed by atoms with Crippen molar-refractivity contribution in [2.45, 2.75) is 25.3 Å². The minimum absolute atomic E-state index is 0.164. The molecule has 1 aliphatic heterocycles. The van der Waals surface area contributed by atoms with E-state index in [0.29, 0.717) is 24.8 Å². The average molecular weight is 260 g/mol. The first-order valence-corrected chi connectivity index (χ1v) is 7.33. The topological polar surface area (TPSA) is 102 Å². The lowest BCUT2D eigenvalue weighted by Gasteiger charge is -2.28. The van der Waals surface area contributed by atoms with Crippen LogP contribution in [0.1, 0.15) is 30.5 Å². The summed E-state index contributed by atoms with van der Waals surface area (Å²) in [5.74, 6) is 1.22. The summed E-state index contributed by atoms with van der Waals surface area (Å²) in [6.07, 6.45) is 2.67. The molecule has 0 unspecified atom stereocenters. The van der Waals surface area contributed by atoms with Crippen LogP contribution in [0.3, 0.4) is 0 Å². The fraction of sp³-hybridized carbons (Fsp3) is 0.778. The lowest BCUT2D eigenvalue weighted by molar-refractivity contribution is 0.306. The standard InChI is InChI=1S/C9H16N4O3S/c1-17(14,15)13-4-2-7(3-5-13)9-11-8(6-10)16-12-9/h7H,2-6,10H2,1H3. The van der Waals surface area contributed by atoms with Gasteiger partial charge in [0.25, 0.3) is 0 Å². The molecule has 2 rings (SSSR count). The summed E-state index contributed by atoms with van der Waals surface area (Å²) in [6.45, 7) is 1.25. The van der Waals surface area contributed by atoms with Gasteiger partial charge in [-0.2, -0.15) is 4.98 Å². The van der Waals surface area contributed by atoms with E-state index in [1.54, 1.807) is 0 Å². The summed E-state index contributed by atoms with van der Waals surface area (Å²) >= 11 is 0. The van der Waals surface area contributed by atoms with Crippen molar-refractivity contribution in [1.82, 2.24) is 14.4 Å². The van der Waals surface area contributed by atoms with Crippen LogP contribution in [0.15, 0.2) is 4.52 Å². The molecule has 96 valence electrons. The van der Waals surface area contributed by atoms with Crippen LogP contribution in [0.25, 0.3) is 0 Å². The summed E-state index contributed by atoms with van der Waals surface area (Å²) in [4.78, 5) is 4.17. The maximum atomic E-state index is 11.3. The molecule has 0 amide bonds. The second kappa shape index (κ2) is 4.71. The Hall–Kier alpha value is -0.990. The van der Waals surface area contributed by atoms with Gasteiger partial charge in [-0.1, -0.05) is 5.16 Å². The van der Waals surface area contributed by atoms with Gasteiger partial charge in [-0.3, -0.25) is 0 Å². The second-order valence-corrected chi connectivity index (χ2v) is 6.17. The van der Waals surface area contributed by atoms with E-state index in [4.69, 9.17) is 10.3 Å². The van der Waals surface area contributed by atoms with Gasteiger partial charge in [-0.15, -0.1) is 0 Å². The zero-order valence-corrected chi connectivity index (χ0v) is 10.5. The third kappa shape index (κ3) is 2.82. The van der Waals surface area contributed by atoms with Crippen LogP contribution < -0.4 is 5.73 Å². The van der Waals surface area contributed by atoms with E-state index >= 15 is 0 Å². The zero-order valence-electron chi connectivity index (χ0n) is 9.66. The zero-order chi connectivity index (χ0) is 12.5. The molecule has 1 fully saturated rings. The molecule has 2 heterocycles. The SMILES string of the molecule is CS(=O)(=O)N1CCC(c2noc(CN)n2)CC1. The molecule has 0 aromatic carbocycles. The van der Waals surface area contributed by atoms with Crippen molar-refractivity contribution in [3.8, 4) is 0 Å². The number of hydrogen-bond donors (Lipinski definition) is 1. The van der Waals surface area contributed by atoms with Crippen LogP contribution in [-0.4, -0.2) is 42.2 Å². The Labute approximate surface area is 100 Å². The molecular weight excluding hydrogens is 244 g/mol. The highest BCUT2D eigenvalue weighted by Crippen LogP contribution is 2.26. The molecule has 17 heavy (non-hydrogen) atoms. The first kappa shape index (κ1) is 12.5. The largest absolute Gasteiger partial charge is 0.338 e. The highest BCUT2D eigenvalue weighted by atomic mass is 32.2. The summed E-state index contributed by atoms with van der Waals surface area (Å²) < 4.78 is 29.1. The molecule has 0 saturated carbocycles. The Morgan fingerprint density at radius 2 is 2.12 bits per heavy atom. The molecule has 1 aromatic heterocycles. The van der Waals surface area contributed by atoms with E-state index in [-0.39, 0.29) is 12.5 Å². The van der Waals surface area contributed by atoms with Gasteiger partial charge < -0.3 is 10.3 Å². The third-order valence-electron chi connectivity index (χ3n) is 2.95. The number of sulfonamides is 1. The Morgan fingerprint density at radius 3 is 2.59 bits per heavy atom. The van der Waals surface area contributed by atoms with E-state index in [1.165, 1.54) is 10.6 Å². The Bertz CT molecular complexity index is 476. The van der Waals surface area contributed by atoms with Crippen molar-refractivity contribution in [1.29, 1.82) is 0 Å². The first-order valence-electron chi connectivity index (χ1n) is 5.48. The van der Waals surface area contributed by atoms with Crippen LogP contribution in [0, 0.1) is 0 Å². The van der Waals surface area contributed by atoms with Crippen molar-refractivity contribution in [3.05, 3.63) is 11.7 Å². The van der Waals surface area contributed by atoms with Crippen LogP contribution in [-0.2, 0) is 16.6 Å².